The van der Waals surface area contributed by atoms with E-state index in [0.717, 1.165) is 11.1 Å². The molecule has 0 bridgehead atoms. The van der Waals surface area contributed by atoms with Crippen LogP contribution < -0.4 is 20.1 Å². The van der Waals surface area contributed by atoms with Gasteiger partial charge in [0.15, 0.2) is 8.68 Å². The number of rotatable bonds is 10. The van der Waals surface area contributed by atoms with Crippen molar-refractivity contribution in [1.82, 2.24) is 10.2 Å². The van der Waals surface area contributed by atoms with Crippen LogP contribution >= 0.6 is 34.9 Å². The smallest absolute Gasteiger partial charge is 0.234 e. The van der Waals surface area contributed by atoms with Gasteiger partial charge in [-0.1, -0.05) is 88.5 Å². The van der Waals surface area contributed by atoms with Gasteiger partial charge in [0.25, 0.3) is 0 Å². The SMILES string of the molecule is COc1ccc(C(C)(C)C)cc1NC(=O)CSc1nnc(SCC(=O)Nc2cc(C(C)(C)C)ccc2OC)s1. The highest BCUT2D eigenvalue weighted by Gasteiger charge is 2.19. The monoisotopic (exact) mass is 588 g/mol. The molecule has 0 radical (unpaired) electrons. The molecule has 0 atom stereocenters. The summed E-state index contributed by atoms with van der Waals surface area (Å²) in [6, 6.07) is 11.6. The molecule has 0 aliphatic rings. The molecule has 0 unspecified atom stereocenters. The Bertz CT molecular complexity index is 1210. The second-order valence-corrected chi connectivity index (χ2v) is 14.3. The second kappa shape index (κ2) is 13.1. The van der Waals surface area contributed by atoms with Gasteiger partial charge in [0, 0.05) is 0 Å². The highest BCUT2D eigenvalue weighted by Crippen LogP contribution is 2.34. The number of ether oxygens (including phenoxy) is 2. The molecule has 1 aromatic heterocycles. The molecule has 0 saturated heterocycles. The maximum absolute atomic E-state index is 12.6. The summed E-state index contributed by atoms with van der Waals surface area (Å²) in [5.41, 5.74) is 3.36. The van der Waals surface area contributed by atoms with Gasteiger partial charge in [-0.15, -0.1) is 10.2 Å². The van der Waals surface area contributed by atoms with Crippen LogP contribution in [0.2, 0.25) is 0 Å². The van der Waals surface area contributed by atoms with Crippen molar-refractivity contribution in [2.75, 3.05) is 36.4 Å². The van der Waals surface area contributed by atoms with Gasteiger partial charge < -0.3 is 20.1 Å². The zero-order valence-electron chi connectivity index (χ0n) is 23.6. The topological polar surface area (TPSA) is 102 Å². The van der Waals surface area contributed by atoms with E-state index in [2.05, 4.69) is 62.4 Å². The van der Waals surface area contributed by atoms with Crippen molar-refractivity contribution < 1.29 is 19.1 Å². The first kappa shape index (κ1) is 30.8. The van der Waals surface area contributed by atoms with Crippen molar-refractivity contribution in [3.63, 3.8) is 0 Å². The summed E-state index contributed by atoms with van der Waals surface area (Å²) in [5, 5.41) is 14.2. The lowest BCUT2D eigenvalue weighted by Gasteiger charge is -2.21. The lowest BCUT2D eigenvalue weighted by Crippen LogP contribution is -2.17. The van der Waals surface area contributed by atoms with Crippen molar-refractivity contribution in [2.45, 2.75) is 61.1 Å². The molecule has 2 aromatic carbocycles. The summed E-state index contributed by atoms with van der Waals surface area (Å²) >= 11 is 3.95. The van der Waals surface area contributed by atoms with Crippen molar-refractivity contribution in [3.8, 4) is 11.5 Å². The minimum Gasteiger partial charge on any atom is -0.495 e. The quantitative estimate of drug-likeness (QED) is 0.255. The number of hydrogen-bond acceptors (Lipinski definition) is 9. The van der Waals surface area contributed by atoms with Crippen molar-refractivity contribution in [3.05, 3.63) is 47.5 Å². The van der Waals surface area contributed by atoms with Crippen LogP contribution in [0, 0.1) is 0 Å². The maximum Gasteiger partial charge on any atom is 0.234 e. The van der Waals surface area contributed by atoms with Crippen LogP contribution in [-0.4, -0.2) is 47.7 Å². The van der Waals surface area contributed by atoms with Gasteiger partial charge in [0.2, 0.25) is 11.8 Å². The van der Waals surface area contributed by atoms with E-state index in [1.165, 1.54) is 34.9 Å². The zero-order chi connectivity index (χ0) is 28.8. The number of nitrogens with zero attached hydrogens (tertiary/aromatic N) is 2. The number of carbonyl (C=O) groups excluding carboxylic acids is 2. The molecule has 8 nitrogen and oxygen atoms in total. The Hall–Kier alpha value is -2.76. The largest absolute Gasteiger partial charge is 0.495 e. The molecule has 3 rings (SSSR count). The minimum absolute atomic E-state index is 0.0550. The highest BCUT2D eigenvalue weighted by molar-refractivity contribution is 8.03. The van der Waals surface area contributed by atoms with E-state index in [4.69, 9.17) is 9.47 Å². The third-order valence-electron chi connectivity index (χ3n) is 5.72. The molecule has 0 aliphatic heterocycles. The number of amides is 2. The van der Waals surface area contributed by atoms with Crippen LogP contribution in [0.1, 0.15) is 52.7 Å². The first-order valence-corrected chi connectivity index (χ1v) is 15.1. The van der Waals surface area contributed by atoms with Crippen molar-refractivity contribution >= 4 is 58.0 Å². The van der Waals surface area contributed by atoms with Gasteiger partial charge in [-0.25, -0.2) is 0 Å². The number of anilines is 2. The van der Waals surface area contributed by atoms with Crippen LogP contribution in [0.5, 0.6) is 11.5 Å². The van der Waals surface area contributed by atoms with E-state index in [9.17, 15) is 9.59 Å². The molecule has 11 heteroatoms. The van der Waals surface area contributed by atoms with Gasteiger partial charge in [-0.2, -0.15) is 0 Å². The standard InChI is InChI=1S/C28H36N4O4S3/c1-27(2,3)17-9-11-21(35-7)19(13-17)29-23(33)15-37-25-31-32-26(39-25)38-16-24(34)30-20-14-18(28(4,5)6)10-12-22(20)36-8/h9-14H,15-16H2,1-8H3,(H,29,33)(H,30,34). The molecule has 210 valence electrons. The van der Waals surface area contributed by atoms with E-state index < -0.39 is 0 Å². The normalized spacial score (nSPS) is 11.7. The fourth-order valence-electron chi connectivity index (χ4n) is 3.49. The summed E-state index contributed by atoms with van der Waals surface area (Å²) < 4.78 is 12.1. The number of hydrogen-bond donors (Lipinski definition) is 2. The van der Waals surface area contributed by atoms with Gasteiger partial charge in [0.1, 0.15) is 11.5 Å². The number of carbonyl (C=O) groups is 2. The molecule has 0 aliphatic carbocycles. The Kier molecular flexibility index (Phi) is 10.3. The van der Waals surface area contributed by atoms with E-state index >= 15 is 0 Å². The number of aromatic nitrogens is 2. The number of benzene rings is 2. The van der Waals surface area contributed by atoms with Crippen LogP contribution in [0.4, 0.5) is 11.4 Å². The van der Waals surface area contributed by atoms with E-state index in [0.29, 0.717) is 31.6 Å². The molecule has 2 N–H and O–H groups in total. The van der Waals surface area contributed by atoms with E-state index in [1.807, 2.05) is 36.4 Å². The molecule has 0 fully saturated rings. The molecule has 0 spiro atoms. The van der Waals surface area contributed by atoms with Crippen LogP contribution in [0.3, 0.4) is 0 Å². The van der Waals surface area contributed by atoms with E-state index in [1.54, 1.807) is 14.2 Å². The third kappa shape index (κ3) is 8.87. The van der Waals surface area contributed by atoms with Crippen molar-refractivity contribution in [1.29, 1.82) is 0 Å². The van der Waals surface area contributed by atoms with Gasteiger partial charge in [0.05, 0.1) is 37.1 Å². The van der Waals surface area contributed by atoms with Crippen LogP contribution in [0.25, 0.3) is 0 Å². The summed E-state index contributed by atoms with van der Waals surface area (Å²) in [7, 11) is 3.16. The van der Waals surface area contributed by atoms with Gasteiger partial charge in [-0.3, -0.25) is 9.59 Å². The number of methoxy groups -OCH3 is 2. The Morgan fingerprint density at radius 3 is 1.46 bits per heavy atom. The first-order chi connectivity index (χ1) is 18.3. The van der Waals surface area contributed by atoms with Crippen molar-refractivity contribution in [2.24, 2.45) is 0 Å². The maximum atomic E-state index is 12.6. The molecule has 1 heterocycles. The molecule has 0 saturated carbocycles. The predicted octanol–water partition coefficient (Wildman–Crippen LogP) is 6.61. The Morgan fingerprint density at radius 1 is 0.744 bits per heavy atom. The molecular formula is C28H36N4O4S3. The first-order valence-electron chi connectivity index (χ1n) is 12.4. The number of thioether (sulfide) groups is 2. The molecule has 39 heavy (non-hydrogen) atoms. The molecule has 2 amide bonds. The average Bonchev–Trinajstić information content (AvgIpc) is 3.33. The zero-order valence-corrected chi connectivity index (χ0v) is 26.1. The Labute approximate surface area is 243 Å². The average molecular weight is 589 g/mol. The fraction of sp³-hybridized carbons (Fsp3) is 0.429. The van der Waals surface area contributed by atoms with Gasteiger partial charge >= 0.3 is 0 Å². The second-order valence-electron chi connectivity index (χ2n) is 10.8. The summed E-state index contributed by atoms with van der Waals surface area (Å²) in [6.07, 6.45) is 0. The summed E-state index contributed by atoms with van der Waals surface area (Å²) in [4.78, 5) is 25.3. The summed E-state index contributed by atoms with van der Waals surface area (Å²) in [6.45, 7) is 12.7. The van der Waals surface area contributed by atoms with E-state index in [-0.39, 0.29) is 34.2 Å². The predicted molar refractivity (Wildman–Crippen MR) is 162 cm³/mol. The molecular weight excluding hydrogens is 553 g/mol. The Balaban J connectivity index is 1.53. The number of nitrogens with one attached hydrogen (secondary N) is 2. The minimum atomic E-state index is -0.167. The molecule has 3 aromatic rings. The highest BCUT2D eigenvalue weighted by atomic mass is 32.2. The lowest BCUT2D eigenvalue weighted by molar-refractivity contribution is -0.114. The lowest BCUT2D eigenvalue weighted by atomic mass is 9.87. The van der Waals surface area contributed by atoms with Crippen LogP contribution in [0.15, 0.2) is 45.1 Å². The van der Waals surface area contributed by atoms with Gasteiger partial charge in [-0.05, 0) is 46.2 Å². The summed E-state index contributed by atoms with van der Waals surface area (Å²) in [5.74, 6) is 1.23. The third-order valence-corrected chi connectivity index (χ3v) is 8.91. The Morgan fingerprint density at radius 2 is 1.13 bits per heavy atom. The van der Waals surface area contributed by atoms with Crippen LogP contribution in [-0.2, 0) is 20.4 Å². The fourth-order valence-corrected chi connectivity index (χ4v) is 6.11.